The van der Waals surface area contributed by atoms with Crippen molar-refractivity contribution in [3.8, 4) is 0 Å². The van der Waals surface area contributed by atoms with Crippen molar-refractivity contribution < 1.29 is 26.7 Å². The number of sulfone groups is 1. The summed E-state index contributed by atoms with van der Waals surface area (Å²) in [4.78, 5) is 11.4. The smallest absolute Gasteiger partial charge is 0.309 e. The fourth-order valence-corrected chi connectivity index (χ4v) is 7.63. The standard InChI is InChI=1S/C12H21NO6S2/c1-2-12(11(14)15)4-6-13(7-5-12)21(18,19)10-3-8-20(16,17)9-10/h10H,2-9H2,1H3,(H,14,15). The molecular weight excluding hydrogens is 318 g/mol. The van der Waals surface area contributed by atoms with Crippen LogP contribution in [0.15, 0.2) is 0 Å². The average Bonchev–Trinajstić information content (AvgIpc) is 2.79. The van der Waals surface area contributed by atoms with Gasteiger partial charge in [-0.1, -0.05) is 6.92 Å². The van der Waals surface area contributed by atoms with Gasteiger partial charge in [0.2, 0.25) is 10.0 Å². The molecule has 21 heavy (non-hydrogen) atoms. The first-order chi connectivity index (χ1) is 9.63. The maximum atomic E-state index is 12.5. The number of aliphatic carboxylic acids is 1. The van der Waals surface area contributed by atoms with Gasteiger partial charge in [0.05, 0.1) is 22.2 Å². The molecule has 1 atom stereocenters. The van der Waals surface area contributed by atoms with E-state index in [1.54, 1.807) is 6.92 Å². The Labute approximate surface area is 125 Å². The van der Waals surface area contributed by atoms with E-state index in [4.69, 9.17) is 0 Å². The Balaban J connectivity index is 2.10. The van der Waals surface area contributed by atoms with Crippen LogP contribution in [0.1, 0.15) is 32.6 Å². The third-order valence-electron chi connectivity index (χ3n) is 4.78. The lowest BCUT2D eigenvalue weighted by atomic mass is 9.77. The van der Waals surface area contributed by atoms with Gasteiger partial charge in [0.15, 0.2) is 9.84 Å². The highest BCUT2D eigenvalue weighted by molar-refractivity contribution is 7.95. The van der Waals surface area contributed by atoms with Crippen LogP contribution < -0.4 is 0 Å². The molecule has 2 saturated heterocycles. The summed E-state index contributed by atoms with van der Waals surface area (Å²) in [5.74, 6) is -1.28. The quantitative estimate of drug-likeness (QED) is 0.777. The maximum Gasteiger partial charge on any atom is 0.309 e. The van der Waals surface area contributed by atoms with Crippen molar-refractivity contribution in [3.05, 3.63) is 0 Å². The summed E-state index contributed by atoms with van der Waals surface area (Å²) in [6, 6.07) is 0. The zero-order chi connectivity index (χ0) is 15.9. The van der Waals surface area contributed by atoms with Crippen LogP contribution in [-0.4, -0.2) is 62.1 Å². The largest absolute Gasteiger partial charge is 0.481 e. The number of piperidine rings is 1. The van der Waals surface area contributed by atoms with Crippen LogP contribution in [0, 0.1) is 5.41 Å². The molecule has 0 saturated carbocycles. The van der Waals surface area contributed by atoms with Gasteiger partial charge < -0.3 is 5.11 Å². The number of rotatable bonds is 4. The summed E-state index contributed by atoms with van der Waals surface area (Å²) in [5.41, 5.74) is -0.853. The Morgan fingerprint density at radius 2 is 1.90 bits per heavy atom. The lowest BCUT2D eigenvalue weighted by molar-refractivity contribution is -0.151. The number of sulfonamides is 1. The molecule has 0 spiro atoms. The third kappa shape index (κ3) is 3.09. The van der Waals surface area contributed by atoms with Gasteiger partial charge in [0.1, 0.15) is 0 Å². The first kappa shape index (κ1) is 16.7. The van der Waals surface area contributed by atoms with E-state index < -0.39 is 36.5 Å². The molecular formula is C12H21NO6S2. The second-order valence-corrected chi connectivity index (χ2v) is 10.3. The molecule has 2 aliphatic heterocycles. The van der Waals surface area contributed by atoms with E-state index in [1.807, 2.05) is 0 Å². The average molecular weight is 339 g/mol. The van der Waals surface area contributed by atoms with Crippen molar-refractivity contribution >= 4 is 25.8 Å². The molecule has 2 heterocycles. The van der Waals surface area contributed by atoms with Crippen LogP contribution >= 0.6 is 0 Å². The van der Waals surface area contributed by atoms with Crippen molar-refractivity contribution in [1.82, 2.24) is 4.31 Å². The van der Waals surface area contributed by atoms with Crippen LogP contribution in [0.2, 0.25) is 0 Å². The predicted octanol–water partition coefficient (Wildman–Crippen LogP) is 0.0801. The first-order valence-electron chi connectivity index (χ1n) is 7.06. The highest BCUT2D eigenvalue weighted by atomic mass is 32.2. The van der Waals surface area contributed by atoms with Crippen molar-refractivity contribution in [2.24, 2.45) is 5.41 Å². The molecule has 0 bridgehead atoms. The molecule has 1 unspecified atom stereocenters. The Bertz CT molecular complexity index is 616. The number of carboxylic acids is 1. The fourth-order valence-electron chi connectivity index (χ4n) is 3.09. The van der Waals surface area contributed by atoms with E-state index in [0.717, 1.165) is 0 Å². The van der Waals surface area contributed by atoms with Crippen molar-refractivity contribution in [2.45, 2.75) is 37.9 Å². The van der Waals surface area contributed by atoms with Gasteiger partial charge in [-0.2, -0.15) is 0 Å². The summed E-state index contributed by atoms with van der Waals surface area (Å²) in [7, 11) is -6.91. The highest BCUT2D eigenvalue weighted by Gasteiger charge is 2.46. The molecule has 2 aliphatic rings. The van der Waals surface area contributed by atoms with Crippen LogP contribution in [0.25, 0.3) is 0 Å². The summed E-state index contributed by atoms with van der Waals surface area (Å²) in [6.07, 6.45) is 1.15. The van der Waals surface area contributed by atoms with E-state index in [1.165, 1.54) is 4.31 Å². The van der Waals surface area contributed by atoms with Crippen LogP contribution in [0.5, 0.6) is 0 Å². The number of hydrogen-bond acceptors (Lipinski definition) is 5. The SMILES string of the molecule is CCC1(C(=O)O)CCN(S(=O)(=O)C2CCS(=O)(=O)C2)CC1. The van der Waals surface area contributed by atoms with E-state index in [-0.39, 0.29) is 43.9 Å². The summed E-state index contributed by atoms with van der Waals surface area (Å²) in [6.45, 7) is 2.10. The number of hydrogen-bond donors (Lipinski definition) is 1. The Morgan fingerprint density at radius 1 is 1.33 bits per heavy atom. The second-order valence-electron chi connectivity index (χ2n) is 5.91. The van der Waals surface area contributed by atoms with E-state index in [2.05, 4.69) is 0 Å². The van der Waals surface area contributed by atoms with Crippen LogP contribution in [-0.2, 0) is 24.7 Å². The lowest BCUT2D eigenvalue weighted by Gasteiger charge is -2.38. The molecule has 9 heteroatoms. The monoisotopic (exact) mass is 339 g/mol. The minimum absolute atomic E-state index is 0.0846. The van der Waals surface area contributed by atoms with Crippen molar-refractivity contribution in [1.29, 1.82) is 0 Å². The van der Waals surface area contributed by atoms with Gasteiger partial charge in [-0.05, 0) is 25.7 Å². The molecule has 0 radical (unpaired) electrons. The van der Waals surface area contributed by atoms with E-state index in [9.17, 15) is 26.7 Å². The summed E-state index contributed by atoms with van der Waals surface area (Å²) < 4.78 is 49.1. The zero-order valence-corrected chi connectivity index (χ0v) is 13.6. The minimum Gasteiger partial charge on any atom is -0.481 e. The van der Waals surface area contributed by atoms with E-state index in [0.29, 0.717) is 6.42 Å². The number of carbonyl (C=O) groups is 1. The third-order valence-corrected chi connectivity index (χ3v) is 9.09. The molecule has 0 aromatic carbocycles. The fraction of sp³-hybridized carbons (Fsp3) is 0.917. The second kappa shape index (κ2) is 5.51. The minimum atomic E-state index is -3.66. The summed E-state index contributed by atoms with van der Waals surface area (Å²) in [5, 5.41) is 8.44. The molecule has 0 aromatic rings. The molecule has 2 fully saturated rings. The van der Waals surface area contributed by atoms with E-state index >= 15 is 0 Å². The first-order valence-corrected chi connectivity index (χ1v) is 10.4. The van der Waals surface area contributed by atoms with Gasteiger partial charge in [-0.25, -0.2) is 21.1 Å². The molecule has 7 nitrogen and oxygen atoms in total. The Hall–Kier alpha value is -0.670. The van der Waals surface area contributed by atoms with Crippen molar-refractivity contribution in [3.63, 3.8) is 0 Å². The lowest BCUT2D eigenvalue weighted by Crippen LogP contribution is -2.49. The topological polar surface area (TPSA) is 109 Å². The predicted molar refractivity (Wildman–Crippen MR) is 77.1 cm³/mol. The molecule has 0 aliphatic carbocycles. The van der Waals surface area contributed by atoms with Crippen LogP contribution in [0.3, 0.4) is 0 Å². The Kier molecular flexibility index (Phi) is 4.38. The number of carboxylic acid groups (broad SMARTS) is 1. The van der Waals surface area contributed by atoms with Gasteiger partial charge in [0, 0.05) is 13.1 Å². The number of nitrogens with zero attached hydrogens (tertiary/aromatic N) is 1. The summed E-state index contributed by atoms with van der Waals surface area (Å²) >= 11 is 0. The molecule has 2 rings (SSSR count). The molecule has 0 aromatic heterocycles. The zero-order valence-electron chi connectivity index (χ0n) is 12.0. The van der Waals surface area contributed by atoms with Gasteiger partial charge >= 0.3 is 5.97 Å². The molecule has 0 amide bonds. The normalized spacial score (nSPS) is 29.3. The Morgan fingerprint density at radius 3 is 2.29 bits per heavy atom. The highest BCUT2D eigenvalue weighted by Crippen LogP contribution is 2.37. The van der Waals surface area contributed by atoms with Gasteiger partial charge in [-0.3, -0.25) is 4.79 Å². The van der Waals surface area contributed by atoms with Gasteiger partial charge in [-0.15, -0.1) is 0 Å². The van der Waals surface area contributed by atoms with Crippen molar-refractivity contribution in [2.75, 3.05) is 24.6 Å². The van der Waals surface area contributed by atoms with Crippen LogP contribution in [0.4, 0.5) is 0 Å². The van der Waals surface area contributed by atoms with Gasteiger partial charge in [0.25, 0.3) is 0 Å². The molecule has 1 N–H and O–H groups in total. The maximum absolute atomic E-state index is 12.5. The molecule has 122 valence electrons.